The molecule has 0 unspecified atom stereocenters. The minimum absolute atomic E-state index is 0.253. The molecule has 2 aromatic rings. The third kappa shape index (κ3) is 4.09. The molecule has 0 fully saturated rings. The van der Waals surface area contributed by atoms with E-state index >= 15 is 0 Å². The molecule has 0 saturated heterocycles. The third-order valence-electron chi connectivity index (χ3n) is 3.34. The van der Waals surface area contributed by atoms with E-state index in [0.29, 0.717) is 24.2 Å². The Hall–Kier alpha value is -2.36. The average molecular weight is 339 g/mol. The maximum Gasteiger partial charge on any atom is 0.309 e. The van der Waals surface area contributed by atoms with E-state index < -0.39 is 21.2 Å². The number of hydrogen-bond donors (Lipinski definition) is 1. The molecule has 0 aliphatic heterocycles. The monoisotopic (exact) mass is 339 g/mol. The first kappa shape index (κ1) is 17.0. The van der Waals surface area contributed by atoms with Crippen molar-refractivity contribution in [1.82, 2.24) is 25.0 Å². The number of hydrogen-bond acceptors (Lipinski definition) is 7. The number of carboxylic acid groups (broad SMARTS) is 1. The molecule has 0 aliphatic carbocycles. The largest absolute Gasteiger partial charge is 0.481 e. The molecule has 124 valence electrons. The highest BCUT2D eigenvalue weighted by atomic mass is 32.2. The molecular formula is C13H17N5O4S. The van der Waals surface area contributed by atoms with Gasteiger partial charge in [0.15, 0.2) is 0 Å². The molecule has 10 heteroatoms. The van der Waals surface area contributed by atoms with Gasteiger partial charge in [-0.3, -0.25) is 9.48 Å². The van der Waals surface area contributed by atoms with Gasteiger partial charge >= 0.3 is 5.97 Å². The van der Waals surface area contributed by atoms with Gasteiger partial charge in [0.1, 0.15) is 5.69 Å². The van der Waals surface area contributed by atoms with E-state index in [1.54, 1.807) is 20.0 Å². The van der Waals surface area contributed by atoms with Crippen molar-refractivity contribution in [3.8, 4) is 11.3 Å². The predicted molar refractivity (Wildman–Crippen MR) is 80.2 cm³/mol. The van der Waals surface area contributed by atoms with Crippen LogP contribution in [-0.2, 0) is 21.2 Å². The summed E-state index contributed by atoms with van der Waals surface area (Å²) < 4.78 is 24.2. The minimum Gasteiger partial charge on any atom is -0.481 e. The Bertz CT molecular complexity index is 811. The molecule has 2 aromatic heterocycles. The van der Waals surface area contributed by atoms with Gasteiger partial charge < -0.3 is 5.11 Å². The average Bonchev–Trinajstić information content (AvgIpc) is 2.93. The fraction of sp³-hybridized carbons (Fsp3) is 0.462. The first-order chi connectivity index (χ1) is 10.6. The van der Waals surface area contributed by atoms with Gasteiger partial charge in [0.25, 0.3) is 0 Å². The first-order valence-electron chi connectivity index (χ1n) is 6.75. The third-order valence-corrected chi connectivity index (χ3v) is 4.21. The fourth-order valence-corrected chi connectivity index (χ4v) is 2.17. The molecule has 0 atom stereocenters. The second-order valence-corrected chi connectivity index (χ2v) is 7.74. The van der Waals surface area contributed by atoms with Crippen LogP contribution in [0.4, 0.5) is 0 Å². The molecule has 0 radical (unpaired) electrons. The predicted octanol–water partition coefficient (Wildman–Crippen LogP) is 0.639. The second-order valence-electron chi connectivity index (χ2n) is 5.83. The van der Waals surface area contributed by atoms with Gasteiger partial charge in [-0.05, 0) is 20.3 Å². The standard InChI is InChI=1S/C13H17N5O4S/c1-13(2,11(19)20)4-5-18-8-10(16-17-18)9-6-14-12(15-7-9)23(3,21)22/h6-8H,4-5H2,1-3H3,(H,19,20). The molecule has 2 heterocycles. The Balaban J connectivity index is 2.12. The highest BCUT2D eigenvalue weighted by Crippen LogP contribution is 2.22. The van der Waals surface area contributed by atoms with E-state index in [0.717, 1.165) is 6.26 Å². The zero-order valence-electron chi connectivity index (χ0n) is 13.0. The van der Waals surface area contributed by atoms with Gasteiger partial charge in [0, 0.05) is 30.8 Å². The van der Waals surface area contributed by atoms with E-state index in [1.165, 1.54) is 17.1 Å². The lowest BCUT2D eigenvalue weighted by molar-refractivity contribution is -0.147. The topological polar surface area (TPSA) is 128 Å². The summed E-state index contributed by atoms with van der Waals surface area (Å²) >= 11 is 0. The van der Waals surface area contributed by atoms with Gasteiger partial charge in [-0.15, -0.1) is 5.10 Å². The quantitative estimate of drug-likeness (QED) is 0.759. The molecule has 0 aromatic carbocycles. The van der Waals surface area contributed by atoms with Crippen LogP contribution in [0.15, 0.2) is 23.7 Å². The highest BCUT2D eigenvalue weighted by Gasteiger charge is 2.26. The normalized spacial score (nSPS) is 12.3. The Morgan fingerprint density at radius 3 is 2.43 bits per heavy atom. The maximum atomic E-state index is 11.3. The molecule has 0 saturated carbocycles. The molecule has 0 amide bonds. The molecule has 0 bridgehead atoms. The number of aliphatic carboxylic acids is 1. The lowest BCUT2D eigenvalue weighted by Crippen LogP contribution is -2.25. The van der Waals surface area contributed by atoms with E-state index in [4.69, 9.17) is 5.11 Å². The molecule has 2 rings (SSSR count). The zero-order chi connectivity index (χ0) is 17.3. The van der Waals surface area contributed by atoms with Crippen LogP contribution in [0.2, 0.25) is 0 Å². The summed E-state index contributed by atoms with van der Waals surface area (Å²) in [4.78, 5) is 18.7. The lowest BCUT2D eigenvalue weighted by Gasteiger charge is -2.18. The van der Waals surface area contributed by atoms with E-state index in [9.17, 15) is 13.2 Å². The van der Waals surface area contributed by atoms with E-state index in [-0.39, 0.29) is 5.16 Å². The Labute approximate surface area is 133 Å². The number of carbonyl (C=O) groups is 1. The summed E-state index contributed by atoms with van der Waals surface area (Å²) in [5, 5.41) is 16.7. The van der Waals surface area contributed by atoms with Crippen molar-refractivity contribution in [2.24, 2.45) is 5.41 Å². The fourth-order valence-electron chi connectivity index (χ4n) is 1.68. The van der Waals surface area contributed by atoms with Gasteiger partial charge in [0.2, 0.25) is 15.0 Å². The first-order valence-corrected chi connectivity index (χ1v) is 8.65. The van der Waals surface area contributed by atoms with Crippen molar-refractivity contribution in [2.75, 3.05) is 6.26 Å². The molecule has 23 heavy (non-hydrogen) atoms. The number of rotatable bonds is 6. The minimum atomic E-state index is -3.45. The molecule has 0 spiro atoms. The summed E-state index contributed by atoms with van der Waals surface area (Å²) in [5.41, 5.74) is 0.158. The Kier molecular flexibility index (Phi) is 4.46. The highest BCUT2D eigenvalue weighted by molar-refractivity contribution is 7.90. The smallest absolute Gasteiger partial charge is 0.309 e. The van der Waals surface area contributed by atoms with Crippen LogP contribution in [0.1, 0.15) is 20.3 Å². The van der Waals surface area contributed by atoms with Crippen molar-refractivity contribution in [3.05, 3.63) is 18.6 Å². The summed E-state index contributed by atoms with van der Waals surface area (Å²) in [6.07, 6.45) is 5.78. The van der Waals surface area contributed by atoms with E-state index in [1.807, 2.05) is 0 Å². The van der Waals surface area contributed by atoms with Crippen LogP contribution < -0.4 is 0 Å². The summed E-state index contributed by atoms with van der Waals surface area (Å²) in [6.45, 7) is 3.68. The van der Waals surface area contributed by atoms with Crippen LogP contribution >= 0.6 is 0 Å². The second kappa shape index (κ2) is 6.03. The van der Waals surface area contributed by atoms with Crippen molar-refractivity contribution in [2.45, 2.75) is 32.0 Å². The lowest BCUT2D eigenvalue weighted by atomic mass is 9.90. The summed E-state index contributed by atoms with van der Waals surface area (Å²) in [6, 6.07) is 0. The van der Waals surface area contributed by atoms with Gasteiger partial charge in [0.05, 0.1) is 11.6 Å². The molecule has 9 nitrogen and oxygen atoms in total. The van der Waals surface area contributed by atoms with Crippen molar-refractivity contribution in [1.29, 1.82) is 0 Å². The zero-order valence-corrected chi connectivity index (χ0v) is 13.8. The number of aromatic nitrogens is 5. The van der Waals surface area contributed by atoms with Crippen LogP contribution in [0.3, 0.4) is 0 Å². The molecule has 1 N–H and O–H groups in total. The molecule has 0 aliphatic rings. The number of carboxylic acids is 1. The van der Waals surface area contributed by atoms with Crippen LogP contribution in [-0.4, -0.2) is 50.7 Å². The van der Waals surface area contributed by atoms with Gasteiger partial charge in [-0.2, -0.15) is 0 Å². The van der Waals surface area contributed by atoms with E-state index in [2.05, 4.69) is 20.3 Å². The van der Waals surface area contributed by atoms with Crippen molar-refractivity contribution < 1.29 is 18.3 Å². The number of aryl methyl sites for hydroxylation is 1. The van der Waals surface area contributed by atoms with Crippen LogP contribution in [0.25, 0.3) is 11.3 Å². The van der Waals surface area contributed by atoms with Gasteiger partial charge in [-0.1, -0.05) is 5.21 Å². The Morgan fingerprint density at radius 2 is 1.91 bits per heavy atom. The number of nitrogens with zero attached hydrogens (tertiary/aromatic N) is 5. The maximum absolute atomic E-state index is 11.3. The van der Waals surface area contributed by atoms with Crippen molar-refractivity contribution >= 4 is 15.8 Å². The van der Waals surface area contributed by atoms with Crippen LogP contribution in [0, 0.1) is 5.41 Å². The van der Waals surface area contributed by atoms with Crippen molar-refractivity contribution in [3.63, 3.8) is 0 Å². The summed E-state index contributed by atoms with van der Waals surface area (Å²) in [7, 11) is -3.45. The van der Waals surface area contributed by atoms with Crippen LogP contribution in [0.5, 0.6) is 0 Å². The Morgan fingerprint density at radius 1 is 1.30 bits per heavy atom. The molecular weight excluding hydrogens is 322 g/mol. The van der Waals surface area contributed by atoms with Gasteiger partial charge in [-0.25, -0.2) is 18.4 Å². The SMILES string of the molecule is CC(C)(CCn1cc(-c2cnc(S(C)(=O)=O)nc2)nn1)C(=O)O. The number of sulfone groups is 1. The summed E-state index contributed by atoms with van der Waals surface area (Å²) in [5.74, 6) is -0.873.